The number of nitrogens with one attached hydrogen (secondary N) is 3. The van der Waals surface area contributed by atoms with Gasteiger partial charge < -0.3 is 20.2 Å². The fraction of sp³-hybridized carbons (Fsp3) is 0.150. The van der Waals surface area contributed by atoms with Gasteiger partial charge in [0.05, 0.1) is 29.9 Å². The molecule has 0 spiro atoms. The van der Waals surface area contributed by atoms with Crippen molar-refractivity contribution in [2.45, 2.75) is 6.92 Å². The Balaban J connectivity index is 2.05. The third-order valence-corrected chi connectivity index (χ3v) is 5.58. The molecule has 0 saturated carbocycles. The average molecular weight is 465 g/mol. The Kier molecular flexibility index (Phi) is 6.95. The molecule has 0 radical (unpaired) electrons. The van der Waals surface area contributed by atoms with Crippen LogP contribution in [-0.2, 0) is 10.0 Å². The number of nitrogens with two attached hydrogens (primary N) is 1. The summed E-state index contributed by atoms with van der Waals surface area (Å²) in [6, 6.07) is 8.82. The second kappa shape index (κ2) is 9.66. The van der Waals surface area contributed by atoms with Crippen LogP contribution in [-0.4, -0.2) is 26.3 Å². The predicted octanol–water partition coefficient (Wildman–Crippen LogP) is 3.95. The molecule has 32 heavy (non-hydrogen) atoms. The molecule has 3 rings (SSSR count). The number of benzene rings is 2. The van der Waals surface area contributed by atoms with Crippen LogP contribution >= 0.6 is 0 Å². The number of sulfonamides is 1. The molecule has 0 unspecified atom stereocenters. The van der Waals surface area contributed by atoms with E-state index in [4.69, 9.17) is 15.3 Å². The zero-order valence-electron chi connectivity index (χ0n) is 17.1. The number of halogens is 2. The molecular weight excluding hydrogens is 444 g/mol. The van der Waals surface area contributed by atoms with Crippen molar-refractivity contribution in [3.05, 3.63) is 60.3 Å². The Morgan fingerprint density at radius 3 is 2.47 bits per heavy atom. The molecule has 9 nitrogen and oxygen atoms in total. The van der Waals surface area contributed by atoms with Crippen molar-refractivity contribution < 1.29 is 26.7 Å². The van der Waals surface area contributed by atoms with Crippen LogP contribution in [0.4, 0.5) is 31.5 Å². The molecule has 0 aliphatic heterocycles. The summed E-state index contributed by atoms with van der Waals surface area (Å²) in [6.07, 6.45) is 1.46. The van der Waals surface area contributed by atoms with Gasteiger partial charge in [-0.1, -0.05) is 0 Å². The van der Waals surface area contributed by atoms with Gasteiger partial charge >= 0.3 is 0 Å². The summed E-state index contributed by atoms with van der Waals surface area (Å²) in [5.41, 5.74) is 3.71. The van der Waals surface area contributed by atoms with Gasteiger partial charge in [0.25, 0.3) is 0 Å². The average Bonchev–Trinajstić information content (AvgIpc) is 2.76. The number of nitrogen functional groups attached to an aromatic ring is 1. The second-order valence-corrected chi connectivity index (χ2v) is 8.42. The first-order chi connectivity index (χ1) is 15.3. The number of hydrogen-bond donors (Lipinski definition) is 4. The van der Waals surface area contributed by atoms with Gasteiger partial charge in [-0.05, 0) is 43.3 Å². The Morgan fingerprint density at radius 2 is 1.81 bits per heavy atom. The van der Waals surface area contributed by atoms with Gasteiger partial charge in [-0.15, -0.1) is 0 Å². The van der Waals surface area contributed by atoms with Gasteiger partial charge in [-0.3, -0.25) is 10.6 Å². The summed E-state index contributed by atoms with van der Waals surface area (Å²) in [4.78, 5) is 4.04. The monoisotopic (exact) mass is 465 g/mol. The largest absolute Gasteiger partial charge is 0.479 e. The fourth-order valence-corrected chi connectivity index (χ4v) is 3.32. The Hall–Kier alpha value is -3.64. The van der Waals surface area contributed by atoms with E-state index in [1.54, 1.807) is 6.07 Å². The van der Waals surface area contributed by atoms with E-state index in [0.717, 1.165) is 12.1 Å². The number of anilines is 4. The standard InChI is InChI=1S/C20H21F2N5O4S/c1-3-32(28,29)27-13-5-7-18(31-17-6-4-12(21)10-14(17)22)16(11-13)25-15-8-9-24-20(30-2)19(15)26-23/h4-11,26-27H,3,23H2,1-2H3,(H,24,25). The molecule has 170 valence electrons. The fourth-order valence-electron chi connectivity index (χ4n) is 2.69. The van der Waals surface area contributed by atoms with Crippen molar-refractivity contribution in [2.75, 3.05) is 28.3 Å². The van der Waals surface area contributed by atoms with Crippen LogP contribution in [0.5, 0.6) is 17.4 Å². The summed E-state index contributed by atoms with van der Waals surface area (Å²) in [7, 11) is -2.14. The highest BCUT2D eigenvalue weighted by atomic mass is 32.2. The minimum Gasteiger partial charge on any atom is -0.479 e. The van der Waals surface area contributed by atoms with Crippen LogP contribution < -0.4 is 30.8 Å². The smallest absolute Gasteiger partial charge is 0.240 e. The van der Waals surface area contributed by atoms with E-state index in [1.807, 2.05) is 0 Å². The first-order valence-corrected chi connectivity index (χ1v) is 11.0. The maximum Gasteiger partial charge on any atom is 0.240 e. The van der Waals surface area contributed by atoms with E-state index >= 15 is 0 Å². The van der Waals surface area contributed by atoms with Crippen LogP contribution in [0.3, 0.4) is 0 Å². The number of ether oxygens (including phenoxy) is 2. The first-order valence-electron chi connectivity index (χ1n) is 9.30. The third kappa shape index (κ3) is 5.34. The Morgan fingerprint density at radius 1 is 1.06 bits per heavy atom. The van der Waals surface area contributed by atoms with Crippen molar-refractivity contribution in [2.24, 2.45) is 5.84 Å². The first kappa shape index (κ1) is 23.0. The van der Waals surface area contributed by atoms with Crippen molar-refractivity contribution in [1.82, 2.24) is 4.98 Å². The van der Waals surface area contributed by atoms with Gasteiger partial charge in [0.2, 0.25) is 15.9 Å². The van der Waals surface area contributed by atoms with Crippen LogP contribution in [0.1, 0.15) is 6.92 Å². The van der Waals surface area contributed by atoms with E-state index in [1.165, 1.54) is 38.4 Å². The lowest BCUT2D eigenvalue weighted by molar-refractivity contribution is 0.400. The lowest BCUT2D eigenvalue weighted by Gasteiger charge is -2.18. The van der Waals surface area contributed by atoms with Gasteiger partial charge in [-0.25, -0.2) is 22.2 Å². The third-order valence-electron chi connectivity index (χ3n) is 4.27. The number of nitrogens with zero attached hydrogens (tertiary/aromatic N) is 1. The lowest BCUT2D eigenvalue weighted by Crippen LogP contribution is -2.15. The number of hydrogen-bond acceptors (Lipinski definition) is 8. The molecule has 0 atom stereocenters. The van der Waals surface area contributed by atoms with Gasteiger partial charge in [0, 0.05) is 12.3 Å². The van der Waals surface area contributed by atoms with Crippen LogP contribution in [0.15, 0.2) is 48.7 Å². The number of hydrazine groups is 1. The maximum absolute atomic E-state index is 14.1. The Bertz CT molecular complexity index is 1220. The molecule has 0 aliphatic carbocycles. The molecule has 12 heteroatoms. The van der Waals surface area contributed by atoms with Gasteiger partial charge in [0.1, 0.15) is 11.5 Å². The topological polar surface area (TPSA) is 128 Å². The van der Waals surface area contributed by atoms with Crippen molar-refractivity contribution in [3.8, 4) is 17.4 Å². The molecule has 5 N–H and O–H groups in total. The second-order valence-electron chi connectivity index (χ2n) is 6.41. The summed E-state index contributed by atoms with van der Waals surface area (Å²) in [5.74, 6) is 3.92. The molecule has 0 fully saturated rings. The zero-order valence-corrected chi connectivity index (χ0v) is 18.0. The normalized spacial score (nSPS) is 11.0. The molecule has 3 aromatic rings. The van der Waals surface area contributed by atoms with Crippen LogP contribution in [0.25, 0.3) is 0 Å². The molecule has 0 amide bonds. The minimum absolute atomic E-state index is 0.127. The van der Waals surface area contributed by atoms with Crippen molar-refractivity contribution in [1.29, 1.82) is 0 Å². The predicted molar refractivity (Wildman–Crippen MR) is 118 cm³/mol. The molecule has 0 bridgehead atoms. The lowest BCUT2D eigenvalue weighted by atomic mass is 10.2. The summed E-state index contributed by atoms with van der Waals surface area (Å²) >= 11 is 0. The molecule has 1 aromatic heterocycles. The van der Waals surface area contributed by atoms with E-state index in [9.17, 15) is 17.2 Å². The number of methoxy groups -OCH3 is 1. The SMILES string of the molecule is CCS(=O)(=O)Nc1ccc(Oc2ccc(F)cc2F)c(Nc2ccnc(OC)c2NN)c1. The van der Waals surface area contributed by atoms with Crippen molar-refractivity contribution in [3.63, 3.8) is 0 Å². The molecule has 0 aliphatic rings. The number of pyridine rings is 1. The van der Waals surface area contributed by atoms with Crippen molar-refractivity contribution >= 4 is 32.8 Å². The minimum atomic E-state index is -3.55. The van der Waals surface area contributed by atoms with Gasteiger partial charge in [0.15, 0.2) is 17.3 Å². The highest BCUT2D eigenvalue weighted by Crippen LogP contribution is 2.38. The van der Waals surface area contributed by atoms with Crippen LogP contribution in [0.2, 0.25) is 0 Å². The Labute approximate surface area is 183 Å². The quantitative estimate of drug-likeness (QED) is 0.276. The molecule has 1 heterocycles. The number of rotatable bonds is 9. The summed E-state index contributed by atoms with van der Waals surface area (Å²) in [6.45, 7) is 1.50. The zero-order chi connectivity index (χ0) is 23.3. The maximum atomic E-state index is 14.1. The molecular formula is C20H21F2N5O4S. The van der Waals surface area contributed by atoms with E-state index in [-0.39, 0.29) is 34.5 Å². The molecule has 0 saturated heterocycles. The highest BCUT2D eigenvalue weighted by molar-refractivity contribution is 7.92. The van der Waals surface area contributed by atoms with E-state index < -0.39 is 21.7 Å². The number of aromatic nitrogens is 1. The molecule has 2 aromatic carbocycles. The highest BCUT2D eigenvalue weighted by Gasteiger charge is 2.16. The van der Waals surface area contributed by atoms with E-state index in [2.05, 4.69) is 20.4 Å². The van der Waals surface area contributed by atoms with Gasteiger partial charge in [-0.2, -0.15) is 0 Å². The summed E-state index contributed by atoms with van der Waals surface area (Å²) < 4.78 is 64.6. The van der Waals surface area contributed by atoms with E-state index in [0.29, 0.717) is 17.4 Å². The summed E-state index contributed by atoms with van der Waals surface area (Å²) in [5, 5.41) is 3.04. The van der Waals surface area contributed by atoms with Crippen LogP contribution in [0, 0.1) is 11.6 Å².